The van der Waals surface area contributed by atoms with E-state index in [1.54, 1.807) is 0 Å². The van der Waals surface area contributed by atoms with Gasteiger partial charge in [0, 0.05) is 19.3 Å². The van der Waals surface area contributed by atoms with E-state index in [2.05, 4.69) is 37.4 Å². The zero-order chi connectivity index (χ0) is 11.3. The quantitative estimate of drug-likeness (QED) is 0.776. The van der Waals surface area contributed by atoms with Gasteiger partial charge in [-0.1, -0.05) is 27.2 Å². The van der Waals surface area contributed by atoms with Gasteiger partial charge in [-0.3, -0.25) is 4.68 Å². The van der Waals surface area contributed by atoms with Crippen LogP contribution in [0.25, 0.3) is 0 Å². The summed E-state index contributed by atoms with van der Waals surface area (Å²) in [7, 11) is 1.97. The number of nitrogens with one attached hydrogen (secondary N) is 1. The lowest BCUT2D eigenvalue weighted by atomic mass is 9.98. The van der Waals surface area contributed by atoms with Gasteiger partial charge in [-0.25, -0.2) is 0 Å². The lowest BCUT2D eigenvalue weighted by molar-refractivity contribution is 0.436. The Labute approximate surface area is 92.9 Å². The van der Waals surface area contributed by atoms with Crippen LogP contribution >= 0.6 is 0 Å². The molecular formula is C12H23N3. The molecule has 0 amide bonds. The van der Waals surface area contributed by atoms with Gasteiger partial charge in [0.05, 0.1) is 6.20 Å². The third-order valence-electron chi connectivity index (χ3n) is 2.67. The Balaban J connectivity index is 2.39. The molecule has 0 bridgehead atoms. The van der Waals surface area contributed by atoms with Gasteiger partial charge in [0.2, 0.25) is 0 Å². The van der Waals surface area contributed by atoms with E-state index in [1.165, 1.54) is 12.0 Å². The van der Waals surface area contributed by atoms with Gasteiger partial charge >= 0.3 is 0 Å². The molecule has 1 aromatic heterocycles. The maximum absolute atomic E-state index is 4.20. The Morgan fingerprint density at radius 1 is 1.47 bits per heavy atom. The molecule has 0 saturated heterocycles. The zero-order valence-corrected chi connectivity index (χ0v) is 10.3. The minimum Gasteiger partial charge on any atom is -0.314 e. The molecule has 0 saturated carbocycles. The SMILES string of the molecule is CCC(CNC(C)C)Cc1cnn(C)c1. The fourth-order valence-electron chi connectivity index (χ4n) is 1.67. The lowest BCUT2D eigenvalue weighted by Gasteiger charge is -2.16. The first-order chi connectivity index (χ1) is 7.11. The highest BCUT2D eigenvalue weighted by Crippen LogP contribution is 2.10. The molecule has 15 heavy (non-hydrogen) atoms. The van der Waals surface area contributed by atoms with Crippen LogP contribution in [-0.4, -0.2) is 22.4 Å². The maximum atomic E-state index is 4.20. The predicted molar refractivity (Wildman–Crippen MR) is 63.8 cm³/mol. The molecule has 1 N–H and O–H groups in total. The summed E-state index contributed by atoms with van der Waals surface area (Å²) in [6, 6.07) is 0.577. The van der Waals surface area contributed by atoms with Crippen molar-refractivity contribution in [2.75, 3.05) is 6.54 Å². The van der Waals surface area contributed by atoms with Crippen molar-refractivity contribution in [2.45, 2.75) is 39.7 Å². The number of rotatable bonds is 6. The minimum atomic E-state index is 0.577. The van der Waals surface area contributed by atoms with E-state index >= 15 is 0 Å². The van der Waals surface area contributed by atoms with Crippen molar-refractivity contribution in [3.05, 3.63) is 18.0 Å². The first kappa shape index (κ1) is 12.2. The van der Waals surface area contributed by atoms with Gasteiger partial charge in [0.1, 0.15) is 0 Å². The van der Waals surface area contributed by atoms with Crippen LogP contribution in [0.15, 0.2) is 12.4 Å². The van der Waals surface area contributed by atoms with E-state index in [-0.39, 0.29) is 0 Å². The molecule has 0 spiro atoms. The third kappa shape index (κ3) is 4.47. The maximum Gasteiger partial charge on any atom is 0.0521 e. The monoisotopic (exact) mass is 209 g/mol. The molecule has 0 aliphatic rings. The normalized spacial score (nSPS) is 13.4. The summed E-state index contributed by atoms with van der Waals surface area (Å²) < 4.78 is 1.87. The van der Waals surface area contributed by atoms with E-state index in [4.69, 9.17) is 0 Å². The van der Waals surface area contributed by atoms with Gasteiger partial charge in [-0.2, -0.15) is 5.10 Å². The first-order valence-electron chi connectivity index (χ1n) is 5.82. The standard InChI is InChI=1S/C12H23N3/c1-5-11(7-13-10(2)3)6-12-8-14-15(4)9-12/h8-11,13H,5-7H2,1-4H3. The highest BCUT2D eigenvalue weighted by atomic mass is 15.2. The molecule has 1 heterocycles. The average Bonchev–Trinajstić information content (AvgIpc) is 2.58. The number of hydrogen-bond acceptors (Lipinski definition) is 2. The summed E-state index contributed by atoms with van der Waals surface area (Å²) in [5.74, 6) is 0.719. The largest absolute Gasteiger partial charge is 0.314 e. The van der Waals surface area contributed by atoms with Crippen molar-refractivity contribution < 1.29 is 0 Å². The van der Waals surface area contributed by atoms with E-state index in [9.17, 15) is 0 Å². The Morgan fingerprint density at radius 2 is 2.20 bits per heavy atom. The molecule has 1 aromatic rings. The first-order valence-corrected chi connectivity index (χ1v) is 5.82. The van der Waals surface area contributed by atoms with Gasteiger partial charge in [-0.05, 0) is 24.4 Å². The van der Waals surface area contributed by atoms with Crippen LogP contribution in [0.4, 0.5) is 0 Å². The highest BCUT2D eigenvalue weighted by Gasteiger charge is 2.08. The topological polar surface area (TPSA) is 29.9 Å². The van der Waals surface area contributed by atoms with Crippen LogP contribution in [-0.2, 0) is 13.5 Å². The lowest BCUT2D eigenvalue weighted by Crippen LogP contribution is -2.29. The molecule has 3 nitrogen and oxygen atoms in total. The van der Waals surface area contributed by atoms with Crippen LogP contribution < -0.4 is 5.32 Å². The Morgan fingerprint density at radius 3 is 2.67 bits per heavy atom. The van der Waals surface area contributed by atoms with Crippen LogP contribution in [0.1, 0.15) is 32.8 Å². The highest BCUT2D eigenvalue weighted by molar-refractivity contribution is 5.04. The van der Waals surface area contributed by atoms with Gasteiger partial charge in [0.15, 0.2) is 0 Å². The van der Waals surface area contributed by atoms with Crippen molar-refractivity contribution >= 4 is 0 Å². The average molecular weight is 209 g/mol. The Hall–Kier alpha value is -0.830. The molecule has 1 atom stereocenters. The number of nitrogens with zero attached hydrogens (tertiary/aromatic N) is 2. The van der Waals surface area contributed by atoms with Gasteiger partial charge < -0.3 is 5.32 Å². The fraction of sp³-hybridized carbons (Fsp3) is 0.750. The molecule has 0 aliphatic heterocycles. The molecule has 0 aliphatic carbocycles. The number of hydrogen-bond donors (Lipinski definition) is 1. The fourth-order valence-corrected chi connectivity index (χ4v) is 1.67. The van der Waals surface area contributed by atoms with Crippen LogP contribution in [0, 0.1) is 5.92 Å². The Bertz CT molecular complexity index is 278. The van der Waals surface area contributed by atoms with Crippen molar-refractivity contribution in [3.63, 3.8) is 0 Å². The van der Waals surface area contributed by atoms with Crippen molar-refractivity contribution in [1.29, 1.82) is 0 Å². The smallest absolute Gasteiger partial charge is 0.0521 e. The van der Waals surface area contributed by atoms with Crippen molar-refractivity contribution in [3.8, 4) is 0 Å². The number of aryl methyl sites for hydroxylation is 1. The molecule has 0 radical (unpaired) electrons. The summed E-state index contributed by atoms with van der Waals surface area (Å²) in [5, 5.41) is 7.69. The molecule has 86 valence electrons. The van der Waals surface area contributed by atoms with Crippen LogP contribution in [0.5, 0.6) is 0 Å². The van der Waals surface area contributed by atoms with E-state index in [0.29, 0.717) is 6.04 Å². The zero-order valence-electron chi connectivity index (χ0n) is 10.3. The molecule has 0 aromatic carbocycles. The predicted octanol–water partition coefficient (Wildman–Crippen LogP) is 1.99. The van der Waals surface area contributed by atoms with E-state index in [0.717, 1.165) is 18.9 Å². The molecule has 1 rings (SSSR count). The molecule has 0 fully saturated rings. The summed E-state index contributed by atoms with van der Waals surface area (Å²) >= 11 is 0. The third-order valence-corrected chi connectivity index (χ3v) is 2.67. The summed E-state index contributed by atoms with van der Waals surface area (Å²) in [4.78, 5) is 0. The van der Waals surface area contributed by atoms with Crippen LogP contribution in [0.2, 0.25) is 0 Å². The van der Waals surface area contributed by atoms with Gasteiger partial charge in [-0.15, -0.1) is 0 Å². The number of aromatic nitrogens is 2. The summed E-state index contributed by atoms with van der Waals surface area (Å²) in [6.45, 7) is 7.74. The van der Waals surface area contributed by atoms with E-state index < -0.39 is 0 Å². The van der Waals surface area contributed by atoms with Crippen molar-refractivity contribution in [2.24, 2.45) is 13.0 Å². The second-order valence-electron chi connectivity index (χ2n) is 4.56. The second-order valence-corrected chi connectivity index (χ2v) is 4.56. The van der Waals surface area contributed by atoms with Crippen LogP contribution in [0.3, 0.4) is 0 Å². The summed E-state index contributed by atoms with van der Waals surface area (Å²) in [5.41, 5.74) is 1.34. The minimum absolute atomic E-state index is 0.577. The summed E-state index contributed by atoms with van der Waals surface area (Å²) in [6.07, 6.45) is 6.43. The van der Waals surface area contributed by atoms with Gasteiger partial charge in [0.25, 0.3) is 0 Å². The molecule has 1 unspecified atom stereocenters. The second kappa shape index (κ2) is 5.91. The Kier molecular flexibility index (Phi) is 4.82. The molecular weight excluding hydrogens is 186 g/mol. The van der Waals surface area contributed by atoms with Crippen molar-refractivity contribution in [1.82, 2.24) is 15.1 Å². The molecule has 3 heteroatoms. The van der Waals surface area contributed by atoms with E-state index in [1.807, 2.05) is 17.9 Å².